The first-order valence-electron chi connectivity index (χ1n) is 8.17. The molecule has 7 heteroatoms. The van der Waals surface area contributed by atoms with Gasteiger partial charge in [0.15, 0.2) is 9.84 Å². The zero-order valence-electron chi connectivity index (χ0n) is 14.4. The van der Waals surface area contributed by atoms with E-state index >= 15 is 0 Å². The van der Waals surface area contributed by atoms with Crippen LogP contribution < -0.4 is 10.1 Å². The first kappa shape index (κ1) is 19.5. The third kappa shape index (κ3) is 5.06. The minimum Gasteiger partial charge on any atom is -0.497 e. The summed E-state index contributed by atoms with van der Waals surface area (Å²) in [6.07, 6.45) is 2.12. The maximum atomic E-state index is 13.0. The number of unbranched alkanes of at least 4 members (excludes halogenated alkanes) is 1. The SMILES string of the molecule is CCCCC(=O)NC[C@@H](c1ccc(OC)cc1)S(=O)(=O)c1cccs1. The monoisotopic (exact) mass is 381 g/mol. The van der Waals surface area contributed by atoms with Crippen molar-refractivity contribution in [3.05, 3.63) is 47.3 Å². The Kier molecular flexibility index (Phi) is 7.01. The van der Waals surface area contributed by atoms with Gasteiger partial charge in [-0.15, -0.1) is 11.3 Å². The minimum atomic E-state index is -3.58. The Morgan fingerprint density at radius 2 is 1.96 bits per heavy atom. The molecule has 0 unspecified atom stereocenters. The van der Waals surface area contributed by atoms with Gasteiger partial charge in [0.25, 0.3) is 0 Å². The number of carbonyl (C=O) groups is 1. The predicted octanol–water partition coefficient (Wildman–Crippen LogP) is 3.58. The van der Waals surface area contributed by atoms with E-state index in [1.54, 1.807) is 48.9 Å². The van der Waals surface area contributed by atoms with Crippen molar-refractivity contribution in [1.29, 1.82) is 0 Å². The van der Waals surface area contributed by atoms with Crippen molar-refractivity contribution in [2.45, 2.75) is 35.6 Å². The summed E-state index contributed by atoms with van der Waals surface area (Å²) in [7, 11) is -2.03. The van der Waals surface area contributed by atoms with Crippen LogP contribution in [0.4, 0.5) is 0 Å². The quantitative estimate of drug-likeness (QED) is 0.721. The molecule has 1 aromatic heterocycles. The van der Waals surface area contributed by atoms with Crippen LogP contribution in [0.15, 0.2) is 46.0 Å². The van der Waals surface area contributed by atoms with Crippen molar-refractivity contribution in [2.75, 3.05) is 13.7 Å². The molecule has 2 aromatic rings. The second-order valence-electron chi connectivity index (χ2n) is 5.65. The number of benzene rings is 1. The van der Waals surface area contributed by atoms with Gasteiger partial charge in [-0.3, -0.25) is 4.79 Å². The first-order chi connectivity index (χ1) is 12.0. The zero-order valence-corrected chi connectivity index (χ0v) is 16.0. The maximum Gasteiger partial charge on any atom is 0.220 e. The molecule has 25 heavy (non-hydrogen) atoms. The molecular formula is C18H23NO4S2. The molecule has 0 radical (unpaired) electrons. The summed E-state index contributed by atoms with van der Waals surface area (Å²) >= 11 is 1.18. The molecule has 0 aliphatic carbocycles. The van der Waals surface area contributed by atoms with Crippen LogP contribution >= 0.6 is 11.3 Å². The number of carbonyl (C=O) groups excluding carboxylic acids is 1. The molecule has 0 spiro atoms. The van der Waals surface area contributed by atoms with Gasteiger partial charge < -0.3 is 10.1 Å². The van der Waals surface area contributed by atoms with Gasteiger partial charge in [0.1, 0.15) is 15.2 Å². The molecule has 0 aliphatic rings. The minimum absolute atomic E-state index is 0.0507. The van der Waals surface area contributed by atoms with Gasteiger partial charge in [-0.25, -0.2) is 8.42 Å². The molecule has 5 nitrogen and oxygen atoms in total. The number of hydrogen-bond donors (Lipinski definition) is 1. The van der Waals surface area contributed by atoms with Crippen LogP contribution in [0.3, 0.4) is 0 Å². The average Bonchev–Trinajstić information content (AvgIpc) is 3.16. The molecule has 0 aliphatic heterocycles. The smallest absolute Gasteiger partial charge is 0.220 e. The summed E-state index contributed by atoms with van der Waals surface area (Å²) in [5, 5.41) is 3.67. The fourth-order valence-electron chi connectivity index (χ4n) is 2.42. The fraction of sp³-hybridized carbons (Fsp3) is 0.389. The Bertz CT molecular complexity index is 768. The van der Waals surface area contributed by atoms with Crippen molar-refractivity contribution in [3.8, 4) is 5.75 Å². The van der Waals surface area contributed by atoms with Crippen LogP contribution in [0.2, 0.25) is 0 Å². The van der Waals surface area contributed by atoms with Crippen molar-refractivity contribution in [2.24, 2.45) is 0 Å². The molecule has 1 heterocycles. The van der Waals surface area contributed by atoms with E-state index in [-0.39, 0.29) is 12.5 Å². The molecule has 0 bridgehead atoms. The van der Waals surface area contributed by atoms with Crippen LogP contribution in [0.5, 0.6) is 5.75 Å². The molecule has 1 atom stereocenters. The van der Waals surface area contributed by atoms with E-state index < -0.39 is 15.1 Å². The van der Waals surface area contributed by atoms with E-state index in [0.29, 0.717) is 21.9 Å². The molecular weight excluding hydrogens is 358 g/mol. The zero-order chi connectivity index (χ0) is 18.3. The van der Waals surface area contributed by atoms with E-state index in [4.69, 9.17) is 4.74 Å². The van der Waals surface area contributed by atoms with Crippen molar-refractivity contribution < 1.29 is 17.9 Å². The van der Waals surface area contributed by atoms with Crippen LogP contribution in [0.1, 0.15) is 37.0 Å². The summed E-state index contributed by atoms with van der Waals surface area (Å²) in [4.78, 5) is 11.9. The van der Waals surface area contributed by atoms with E-state index in [1.807, 2.05) is 6.92 Å². The Morgan fingerprint density at radius 3 is 2.52 bits per heavy atom. The lowest BCUT2D eigenvalue weighted by molar-refractivity contribution is -0.121. The topological polar surface area (TPSA) is 72.5 Å². The number of amides is 1. The lowest BCUT2D eigenvalue weighted by Crippen LogP contribution is -2.31. The van der Waals surface area contributed by atoms with E-state index in [9.17, 15) is 13.2 Å². The molecule has 1 N–H and O–H groups in total. The molecule has 0 saturated heterocycles. The van der Waals surface area contributed by atoms with Crippen molar-refractivity contribution in [3.63, 3.8) is 0 Å². The number of thiophene rings is 1. The van der Waals surface area contributed by atoms with E-state index in [0.717, 1.165) is 12.8 Å². The molecule has 2 rings (SSSR count). The van der Waals surface area contributed by atoms with Gasteiger partial charge in [-0.1, -0.05) is 31.5 Å². The third-order valence-corrected chi connectivity index (χ3v) is 7.41. The number of hydrogen-bond acceptors (Lipinski definition) is 5. The largest absolute Gasteiger partial charge is 0.497 e. The predicted molar refractivity (Wildman–Crippen MR) is 99.8 cm³/mol. The fourth-order valence-corrected chi connectivity index (χ4v) is 5.29. The Labute approximate surface area is 152 Å². The van der Waals surface area contributed by atoms with Gasteiger partial charge in [-0.2, -0.15) is 0 Å². The number of rotatable bonds is 9. The van der Waals surface area contributed by atoms with Crippen LogP contribution in [0, 0.1) is 0 Å². The number of sulfone groups is 1. The van der Waals surface area contributed by atoms with Gasteiger partial charge in [0, 0.05) is 13.0 Å². The average molecular weight is 382 g/mol. The summed E-state index contributed by atoms with van der Waals surface area (Å²) < 4.78 is 31.4. The van der Waals surface area contributed by atoms with Crippen molar-refractivity contribution in [1.82, 2.24) is 5.32 Å². The van der Waals surface area contributed by atoms with Gasteiger partial charge in [-0.05, 0) is 35.6 Å². The van der Waals surface area contributed by atoms with Gasteiger partial charge >= 0.3 is 0 Å². The Hall–Kier alpha value is -1.86. The second kappa shape index (κ2) is 9.01. The third-order valence-electron chi connectivity index (χ3n) is 3.88. The Morgan fingerprint density at radius 1 is 1.24 bits per heavy atom. The highest BCUT2D eigenvalue weighted by Crippen LogP contribution is 2.32. The molecule has 0 fully saturated rings. The van der Waals surface area contributed by atoms with Crippen LogP contribution in [-0.2, 0) is 14.6 Å². The van der Waals surface area contributed by atoms with Gasteiger partial charge in [0.2, 0.25) is 5.91 Å². The molecule has 136 valence electrons. The normalized spacial score (nSPS) is 12.6. The Balaban J connectivity index is 2.26. The lowest BCUT2D eigenvalue weighted by atomic mass is 10.1. The number of nitrogens with one attached hydrogen (secondary N) is 1. The van der Waals surface area contributed by atoms with E-state index in [1.165, 1.54) is 11.3 Å². The summed E-state index contributed by atoms with van der Waals surface area (Å²) in [5.74, 6) is 0.532. The molecule has 1 amide bonds. The lowest BCUT2D eigenvalue weighted by Gasteiger charge is -2.18. The summed E-state index contributed by atoms with van der Waals surface area (Å²) in [5.41, 5.74) is 0.630. The van der Waals surface area contributed by atoms with Crippen LogP contribution in [-0.4, -0.2) is 28.0 Å². The first-order valence-corrected chi connectivity index (χ1v) is 10.6. The molecule has 0 saturated carbocycles. The number of methoxy groups -OCH3 is 1. The molecule has 1 aromatic carbocycles. The van der Waals surface area contributed by atoms with E-state index in [2.05, 4.69) is 5.32 Å². The van der Waals surface area contributed by atoms with Gasteiger partial charge in [0.05, 0.1) is 7.11 Å². The van der Waals surface area contributed by atoms with Crippen LogP contribution in [0.25, 0.3) is 0 Å². The number of ether oxygens (including phenoxy) is 1. The summed E-state index contributed by atoms with van der Waals surface area (Å²) in [6, 6.07) is 10.2. The maximum absolute atomic E-state index is 13.0. The highest BCUT2D eigenvalue weighted by Gasteiger charge is 2.30. The highest BCUT2D eigenvalue weighted by atomic mass is 32.2. The van der Waals surface area contributed by atoms with Crippen molar-refractivity contribution >= 4 is 27.1 Å². The highest BCUT2D eigenvalue weighted by molar-refractivity contribution is 7.93. The summed E-state index contributed by atoms with van der Waals surface area (Å²) in [6.45, 7) is 2.06. The standard InChI is InChI=1S/C18H23NO4S2/c1-3-4-6-17(20)19-13-16(14-8-10-15(23-2)11-9-14)25(21,22)18-7-5-12-24-18/h5,7-12,16H,3-4,6,13H2,1-2H3,(H,19,20)/t16-/m0/s1. The second-order valence-corrected chi connectivity index (χ2v) is 8.95.